The summed E-state index contributed by atoms with van der Waals surface area (Å²) in [6.45, 7) is 3.55. The van der Waals surface area contributed by atoms with Gasteiger partial charge in [-0.05, 0) is 33.0 Å². The number of piperidine rings is 1. The summed E-state index contributed by atoms with van der Waals surface area (Å²) in [5.41, 5.74) is 1.06. The topological polar surface area (TPSA) is 57.3 Å². The molecule has 2 N–H and O–H groups in total. The summed E-state index contributed by atoms with van der Waals surface area (Å²) < 4.78 is 0. The second-order valence-electron chi connectivity index (χ2n) is 4.56. The largest absolute Gasteiger partial charge is 0.311 e. The zero-order valence-corrected chi connectivity index (χ0v) is 12.8. The number of hydrogen-bond donors (Lipinski definition) is 2. The Morgan fingerprint density at radius 2 is 2.16 bits per heavy atom. The minimum absolute atomic E-state index is 0. The van der Waals surface area contributed by atoms with Crippen molar-refractivity contribution < 1.29 is 4.79 Å². The van der Waals surface area contributed by atoms with Crippen LogP contribution in [0.15, 0.2) is 5.38 Å². The lowest BCUT2D eigenvalue weighted by Crippen LogP contribution is -2.29. The molecule has 0 saturated carbocycles. The van der Waals surface area contributed by atoms with Crippen LogP contribution in [-0.4, -0.2) is 42.5 Å². The lowest BCUT2D eigenvalue weighted by atomic mass is 10.1. The Balaban J connectivity index is 0.00000180. The zero-order valence-electron chi connectivity index (χ0n) is 11.1. The van der Waals surface area contributed by atoms with E-state index in [-0.39, 0.29) is 18.3 Å². The SMILES string of the molecule is CNCC(=O)Nc1nc(CN2CCCCC2)cs1.Cl. The van der Waals surface area contributed by atoms with E-state index in [1.54, 1.807) is 7.05 Å². The number of carbonyl (C=O) groups is 1. The van der Waals surface area contributed by atoms with E-state index in [2.05, 4.69) is 20.5 Å². The van der Waals surface area contributed by atoms with Crippen molar-refractivity contribution in [2.24, 2.45) is 0 Å². The highest BCUT2D eigenvalue weighted by Gasteiger charge is 2.12. The normalized spacial score (nSPS) is 15.8. The number of halogens is 1. The number of aromatic nitrogens is 1. The van der Waals surface area contributed by atoms with E-state index >= 15 is 0 Å². The van der Waals surface area contributed by atoms with Gasteiger partial charge in [0, 0.05) is 11.9 Å². The van der Waals surface area contributed by atoms with Gasteiger partial charge in [0.25, 0.3) is 0 Å². The number of carbonyl (C=O) groups excluding carboxylic acids is 1. The fourth-order valence-electron chi connectivity index (χ4n) is 2.11. The fraction of sp³-hybridized carbons (Fsp3) is 0.667. The van der Waals surface area contributed by atoms with E-state index in [0.29, 0.717) is 11.7 Å². The van der Waals surface area contributed by atoms with E-state index in [9.17, 15) is 4.79 Å². The first-order chi connectivity index (χ1) is 8.78. The van der Waals surface area contributed by atoms with Crippen LogP contribution < -0.4 is 10.6 Å². The molecule has 1 amide bonds. The van der Waals surface area contributed by atoms with Crippen LogP contribution in [0.25, 0.3) is 0 Å². The maximum absolute atomic E-state index is 11.4. The average Bonchev–Trinajstić information content (AvgIpc) is 2.78. The van der Waals surface area contributed by atoms with Gasteiger partial charge in [0.1, 0.15) is 0 Å². The molecule has 1 aliphatic rings. The van der Waals surface area contributed by atoms with Crippen molar-refractivity contribution in [2.45, 2.75) is 25.8 Å². The van der Waals surface area contributed by atoms with Crippen LogP contribution in [0.3, 0.4) is 0 Å². The van der Waals surface area contributed by atoms with E-state index in [1.165, 1.54) is 43.7 Å². The van der Waals surface area contributed by atoms with Gasteiger partial charge in [0.15, 0.2) is 5.13 Å². The van der Waals surface area contributed by atoms with Crippen molar-refractivity contribution in [3.05, 3.63) is 11.1 Å². The second-order valence-corrected chi connectivity index (χ2v) is 5.42. The molecule has 7 heteroatoms. The third-order valence-electron chi connectivity index (χ3n) is 2.97. The molecule has 1 aliphatic heterocycles. The van der Waals surface area contributed by atoms with E-state index < -0.39 is 0 Å². The van der Waals surface area contributed by atoms with Crippen LogP contribution >= 0.6 is 23.7 Å². The van der Waals surface area contributed by atoms with Gasteiger partial charge < -0.3 is 10.6 Å². The molecule has 0 atom stereocenters. The van der Waals surface area contributed by atoms with Crippen LogP contribution in [0.5, 0.6) is 0 Å². The van der Waals surface area contributed by atoms with Gasteiger partial charge in [-0.1, -0.05) is 6.42 Å². The first kappa shape index (κ1) is 16.4. The van der Waals surface area contributed by atoms with Gasteiger partial charge in [-0.2, -0.15) is 0 Å². The molecule has 108 valence electrons. The van der Waals surface area contributed by atoms with Crippen molar-refractivity contribution in [2.75, 3.05) is 32.0 Å². The summed E-state index contributed by atoms with van der Waals surface area (Å²) >= 11 is 1.49. The standard InChI is InChI=1S/C12H20N4OS.ClH/c1-13-7-11(17)15-12-14-10(9-18-12)8-16-5-3-2-4-6-16;/h9,13H,2-8H2,1H3,(H,14,15,17);1H. The molecular weight excluding hydrogens is 284 g/mol. The van der Waals surface area contributed by atoms with Gasteiger partial charge in [-0.25, -0.2) is 4.98 Å². The van der Waals surface area contributed by atoms with Gasteiger partial charge >= 0.3 is 0 Å². The minimum atomic E-state index is -0.0450. The second kappa shape index (κ2) is 8.47. The average molecular weight is 305 g/mol. The van der Waals surface area contributed by atoms with E-state index in [1.807, 2.05) is 5.38 Å². The lowest BCUT2D eigenvalue weighted by Gasteiger charge is -2.25. The van der Waals surface area contributed by atoms with Crippen LogP contribution in [0, 0.1) is 0 Å². The quantitative estimate of drug-likeness (QED) is 0.869. The summed E-state index contributed by atoms with van der Waals surface area (Å²) in [7, 11) is 1.75. The first-order valence-electron chi connectivity index (χ1n) is 6.39. The number of nitrogens with zero attached hydrogens (tertiary/aromatic N) is 2. The summed E-state index contributed by atoms with van der Waals surface area (Å²) in [5.74, 6) is -0.0450. The number of amides is 1. The Kier molecular flexibility index (Phi) is 7.30. The molecule has 0 aliphatic carbocycles. The maximum Gasteiger partial charge on any atom is 0.240 e. The smallest absolute Gasteiger partial charge is 0.240 e. The molecule has 0 spiro atoms. The van der Waals surface area contributed by atoms with E-state index in [4.69, 9.17) is 0 Å². The Morgan fingerprint density at radius 1 is 1.42 bits per heavy atom. The molecule has 0 bridgehead atoms. The number of likely N-dealkylation sites (tertiary alicyclic amines) is 1. The number of nitrogens with one attached hydrogen (secondary N) is 2. The monoisotopic (exact) mass is 304 g/mol. The molecular formula is C12H21ClN4OS. The van der Waals surface area contributed by atoms with Gasteiger partial charge in [-0.15, -0.1) is 23.7 Å². The molecule has 0 radical (unpaired) electrons. The Bertz CT molecular complexity index is 393. The molecule has 5 nitrogen and oxygen atoms in total. The molecule has 19 heavy (non-hydrogen) atoms. The minimum Gasteiger partial charge on any atom is -0.311 e. The van der Waals surface area contributed by atoms with Crippen LogP contribution in [0.2, 0.25) is 0 Å². The van der Waals surface area contributed by atoms with Crippen LogP contribution in [0.1, 0.15) is 25.0 Å². The highest BCUT2D eigenvalue weighted by atomic mass is 35.5. The van der Waals surface area contributed by atoms with Gasteiger partial charge in [0.2, 0.25) is 5.91 Å². The summed E-state index contributed by atoms with van der Waals surface area (Å²) in [5, 5.41) is 8.33. The predicted octanol–water partition coefficient (Wildman–Crippen LogP) is 1.71. The number of rotatable bonds is 5. The van der Waals surface area contributed by atoms with Gasteiger partial charge in [0.05, 0.1) is 12.2 Å². The van der Waals surface area contributed by atoms with Crippen molar-refractivity contribution in [3.8, 4) is 0 Å². The lowest BCUT2D eigenvalue weighted by molar-refractivity contribution is -0.115. The molecule has 2 heterocycles. The van der Waals surface area contributed by atoms with Crippen molar-refractivity contribution in [1.82, 2.24) is 15.2 Å². The third-order valence-corrected chi connectivity index (χ3v) is 3.78. The molecule has 2 rings (SSSR count). The van der Waals surface area contributed by atoms with Crippen LogP contribution in [0.4, 0.5) is 5.13 Å². The number of thiazole rings is 1. The zero-order chi connectivity index (χ0) is 12.8. The summed E-state index contributed by atoms with van der Waals surface area (Å²) in [4.78, 5) is 18.3. The molecule has 1 saturated heterocycles. The van der Waals surface area contributed by atoms with Crippen molar-refractivity contribution in [1.29, 1.82) is 0 Å². The Hall–Kier alpha value is -0.690. The number of anilines is 1. The molecule has 1 aromatic heterocycles. The summed E-state index contributed by atoms with van der Waals surface area (Å²) in [6, 6.07) is 0. The number of hydrogen-bond acceptors (Lipinski definition) is 5. The highest BCUT2D eigenvalue weighted by Crippen LogP contribution is 2.18. The number of likely N-dealkylation sites (N-methyl/N-ethyl adjacent to an activating group) is 1. The predicted molar refractivity (Wildman–Crippen MR) is 81.0 cm³/mol. The maximum atomic E-state index is 11.4. The first-order valence-corrected chi connectivity index (χ1v) is 7.27. The van der Waals surface area contributed by atoms with Crippen molar-refractivity contribution >= 4 is 34.8 Å². The molecule has 0 unspecified atom stereocenters. The highest BCUT2D eigenvalue weighted by molar-refractivity contribution is 7.13. The van der Waals surface area contributed by atoms with Crippen molar-refractivity contribution in [3.63, 3.8) is 0 Å². The Morgan fingerprint density at radius 3 is 2.84 bits per heavy atom. The molecule has 1 aromatic rings. The summed E-state index contributed by atoms with van der Waals surface area (Å²) in [6.07, 6.45) is 3.92. The fourth-order valence-corrected chi connectivity index (χ4v) is 2.83. The van der Waals surface area contributed by atoms with E-state index in [0.717, 1.165) is 12.2 Å². The Labute approximate surface area is 124 Å². The third kappa shape index (κ3) is 5.44. The molecule has 1 fully saturated rings. The molecule has 0 aromatic carbocycles. The van der Waals surface area contributed by atoms with Crippen LogP contribution in [-0.2, 0) is 11.3 Å². The van der Waals surface area contributed by atoms with Gasteiger partial charge in [-0.3, -0.25) is 9.69 Å².